The van der Waals surface area contributed by atoms with Crippen LogP contribution in [0.5, 0.6) is 0 Å². The first-order valence-corrected chi connectivity index (χ1v) is 7.27. The molecule has 2 N–H and O–H groups in total. The van der Waals surface area contributed by atoms with Crippen LogP contribution in [0.25, 0.3) is 0 Å². The molecular weight excluding hydrogens is 273 g/mol. The van der Waals surface area contributed by atoms with E-state index in [9.17, 15) is 4.39 Å². The first-order valence-electron chi connectivity index (χ1n) is 6.89. The number of halogens is 2. The molecule has 20 heavy (non-hydrogen) atoms. The second-order valence-corrected chi connectivity index (χ2v) is 5.94. The lowest BCUT2D eigenvalue weighted by molar-refractivity contribution is 0.575. The molecular formula is C17H17ClFN. The lowest BCUT2D eigenvalue weighted by Gasteiger charge is -2.12. The lowest BCUT2D eigenvalue weighted by atomic mass is 9.99. The van der Waals surface area contributed by atoms with Gasteiger partial charge in [-0.1, -0.05) is 48.0 Å². The van der Waals surface area contributed by atoms with E-state index in [0.29, 0.717) is 11.8 Å². The third kappa shape index (κ3) is 2.87. The zero-order chi connectivity index (χ0) is 14.1. The average Bonchev–Trinajstić information content (AvgIpc) is 3.24. The first kappa shape index (κ1) is 13.6. The van der Waals surface area contributed by atoms with Crippen molar-refractivity contribution in [2.45, 2.75) is 24.8 Å². The lowest BCUT2D eigenvalue weighted by Crippen LogP contribution is -2.26. The number of hydrogen-bond donors (Lipinski definition) is 1. The molecule has 3 atom stereocenters. The second-order valence-electron chi connectivity index (χ2n) is 5.53. The first-order chi connectivity index (χ1) is 9.65. The number of hydrogen-bond acceptors (Lipinski definition) is 1. The summed E-state index contributed by atoms with van der Waals surface area (Å²) >= 11 is 5.80. The van der Waals surface area contributed by atoms with Crippen LogP contribution in [0.3, 0.4) is 0 Å². The molecule has 0 saturated heterocycles. The smallest absolute Gasteiger partial charge is 0.141 e. The van der Waals surface area contributed by atoms with E-state index in [0.717, 1.165) is 18.4 Å². The van der Waals surface area contributed by atoms with Gasteiger partial charge in [-0.3, -0.25) is 0 Å². The summed E-state index contributed by atoms with van der Waals surface area (Å²) in [6.07, 6.45) is 1.88. The maximum absolute atomic E-state index is 13.1. The third-order valence-electron chi connectivity index (χ3n) is 4.07. The summed E-state index contributed by atoms with van der Waals surface area (Å²) in [6, 6.07) is 15.4. The minimum Gasteiger partial charge on any atom is -0.327 e. The summed E-state index contributed by atoms with van der Waals surface area (Å²) in [5.41, 5.74) is 8.66. The molecule has 3 rings (SSSR count). The van der Waals surface area contributed by atoms with E-state index in [1.165, 1.54) is 11.6 Å². The fraction of sp³-hybridized carbons (Fsp3) is 0.294. The van der Waals surface area contributed by atoms with E-state index in [1.54, 1.807) is 12.1 Å². The van der Waals surface area contributed by atoms with Gasteiger partial charge < -0.3 is 5.73 Å². The van der Waals surface area contributed by atoms with Crippen LogP contribution < -0.4 is 5.73 Å². The van der Waals surface area contributed by atoms with Crippen LogP contribution in [-0.2, 0) is 6.42 Å². The van der Waals surface area contributed by atoms with Crippen molar-refractivity contribution in [3.63, 3.8) is 0 Å². The summed E-state index contributed by atoms with van der Waals surface area (Å²) < 4.78 is 13.1. The Kier molecular flexibility index (Phi) is 3.77. The van der Waals surface area contributed by atoms with Crippen molar-refractivity contribution in [1.82, 2.24) is 0 Å². The fourth-order valence-corrected chi connectivity index (χ4v) is 3.06. The van der Waals surface area contributed by atoms with Crippen molar-refractivity contribution in [2.24, 2.45) is 11.7 Å². The molecule has 1 nitrogen and oxygen atoms in total. The third-order valence-corrected chi connectivity index (χ3v) is 4.36. The zero-order valence-electron chi connectivity index (χ0n) is 11.1. The molecule has 3 heteroatoms. The Balaban J connectivity index is 1.63. The Bertz CT molecular complexity index is 599. The van der Waals surface area contributed by atoms with Gasteiger partial charge in [0.2, 0.25) is 0 Å². The van der Waals surface area contributed by atoms with Gasteiger partial charge in [-0.25, -0.2) is 4.39 Å². The monoisotopic (exact) mass is 289 g/mol. The van der Waals surface area contributed by atoms with Crippen LogP contribution in [0.2, 0.25) is 5.02 Å². The molecule has 1 fully saturated rings. The van der Waals surface area contributed by atoms with Gasteiger partial charge in [0.15, 0.2) is 0 Å². The van der Waals surface area contributed by atoms with Crippen LogP contribution in [-0.4, -0.2) is 6.04 Å². The normalized spacial score (nSPS) is 22.6. The van der Waals surface area contributed by atoms with Crippen LogP contribution >= 0.6 is 11.6 Å². The van der Waals surface area contributed by atoms with Gasteiger partial charge in [0.1, 0.15) is 5.82 Å². The SMILES string of the molecule is NC(Cc1ccc(F)c(Cl)c1)C1CC1c1ccccc1. The van der Waals surface area contributed by atoms with Crippen LogP contribution in [0.4, 0.5) is 4.39 Å². The molecule has 0 aliphatic heterocycles. The van der Waals surface area contributed by atoms with Crippen molar-refractivity contribution in [3.05, 3.63) is 70.5 Å². The Hall–Kier alpha value is -1.38. The second kappa shape index (κ2) is 5.55. The van der Waals surface area contributed by atoms with E-state index in [2.05, 4.69) is 24.3 Å². The molecule has 0 radical (unpaired) electrons. The Labute approximate surface area is 123 Å². The Morgan fingerprint density at radius 2 is 1.95 bits per heavy atom. The molecule has 0 spiro atoms. The van der Waals surface area contributed by atoms with E-state index >= 15 is 0 Å². The van der Waals surface area contributed by atoms with E-state index < -0.39 is 0 Å². The highest BCUT2D eigenvalue weighted by atomic mass is 35.5. The average molecular weight is 290 g/mol. The fourth-order valence-electron chi connectivity index (χ4n) is 2.86. The summed E-state index contributed by atoms with van der Waals surface area (Å²) in [5, 5.41) is 0.171. The molecule has 0 aromatic heterocycles. The Morgan fingerprint density at radius 1 is 1.20 bits per heavy atom. The predicted molar refractivity (Wildman–Crippen MR) is 80.4 cm³/mol. The van der Waals surface area contributed by atoms with Gasteiger partial charge in [-0.15, -0.1) is 0 Å². The summed E-state index contributed by atoms with van der Waals surface area (Å²) in [4.78, 5) is 0. The van der Waals surface area contributed by atoms with Crippen molar-refractivity contribution in [3.8, 4) is 0 Å². The van der Waals surface area contributed by atoms with Gasteiger partial charge in [0.25, 0.3) is 0 Å². The molecule has 2 aromatic rings. The highest BCUT2D eigenvalue weighted by Crippen LogP contribution is 2.49. The predicted octanol–water partition coefficient (Wildman–Crippen LogP) is 4.15. The molecule has 0 amide bonds. The highest BCUT2D eigenvalue weighted by Gasteiger charge is 2.42. The molecule has 1 aliphatic rings. The highest BCUT2D eigenvalue weighted by molar-refractivity contribution is 6.30. The van der Waals surface area contributed by atoms with Crippen molar-refractivity contribution >= 4 is 11.6 Å². The van der Waals surface area contributed by atoms with E-state index in [-0.39, 0.29) is 16.9 Å². The number of rotatable bonds is 4. The van der Waals surface area contributed by atoms with Crippen LogP contribution in [0.1, 0.15) is 23.5 Å². The van der Waals surface area contributed by atoms with Crippen LogP contribution in [0, 0.1) is 11.7 Å². The van der Waals surface area contributed by atoms with Gasteiger partial charge in [0.05, 0.1) is 5.02 Å². The number of nitrogens with two attached hydrogens (primary N) is 1. The standard InChI is InChI=1S/C17H17ClFN/c18-15-8-11(6-7-16(15)19)9-17(20)14-10-13(14)12-4-2-1-3-5-12/h1-8,13-14,17H,9-10,20H2. The maximum Gasteiger partial charge on any atom is 0.141 e. The Morgan fingerprint density at radius 3 is 2.65 bits per heavy atom. The summed E-state index contributed by atoms with van der Waals surface area (Å²) in [7, 11) is 0. The van der Waals surface area contributed by atoms with E-state index in [1.807, 2.05) is 6.07 Å². The molecule has 0 heterocycles. The molecule has 0 bridgehead atoms. The van der Waals surface area contributed by atoms with Gasteiger partial charge in [-0.2, -0.15) is 0 Å². The molecule has 3 unspecified atom stereocenters. The minimum absolute atomic E-state index is 0.0988. The molecule has 2 aromatic carbocycles. The zero-order valence-corrected chi connectivity index (χ0v) is 11.9. The van der Waals surface area contributed by atoms with Crippen molar-refractivity contribution in [1.29, 1.82) is 0 Å². The topological polar surface area (TPSA) is 26.0 Å². The number of benzene rings is 2. The van der Waals surface area contributed by atoms with Crippen LogP contribution in [0.15, 0.2) is 48.5 Å². The van der Waals surface area contributed by atoms with Gasteiger partial charge in [0, 0.05) is 6.04 Å². The molecule has 1 saturated carbocycles. The molecule has 1 aliphatic carbocycles. The van der Waals surface area contributed by atoms with Crippen molar-refractivity contribution < 1.29 is 4.39 Å². The van der Waals surface area contributed by atoms with Gasteiger partial charge >= 0.3 is 0 Å². The summed E-state index contributed by atoms with van der Waals surface area (Å²) in [5.74, 6) is 0.709. The summed E-state index contributed by atoms with van der Waals surface area (Å²) in [6.45, 7) is 0. The van der Waals surface area contributed by atoms with E-state index in [4.69, 9.17) is 17.3 Å². The van der Waals surface area contributed by atoms with Gasteiger partial charge in [-0.05, 0) is 47.9 Å². The quantitative estimate of drug-likeness (QED) is 0.899. The maximum atomic E-state index is 13.1. The largest absolute Gasteiger partial charge is 0.327 e. The molecule has 104 valence electrons. The minimum atomic E-state index is -0.377. The van der Waals surface area contributed by atoms with Crippen molar-refractivity contribution in [2.75, 3.05) is 0 Å².